The van der Waals surface area contributed by atoms with Crippen LogP contribution in [0.25, 0.3) is 0 Å². The van der Waals surface area contributed by atoms with Crippen molar-refractivity contribution < 1.29 is 52.0 Å². The van der Waals surface area contributed by atoms with Gasteiger partial charge < -0.3 is 35.0 Å². The Morgan fingerprint density at radius 2 is 1.36 bits per heavy atom. The van der Waals surface area contributed by atoms with Crippen LogP contribution in [0.15, 0.2) is 24.3 Å². The fourth-order valence-corrected chi connectivity index (χ4v) is 6.50. The smallest absolute Gasteiger partial charge is 0.480 e. The number of hydrogen-bond acceptors (Lipinski definition) is 9. The molecule has 0 saturated carbocycles. The van der Waals surface area contributed by atoms with Crippen molar-refractivity contribution in [1.29, 1.82) is 0 Å². The van der Waals surface area contributed by atoms with E-state index in [4.69, 9.17) is 24.6 Å². The summed E-state index contributed by atoms with van der Waals surface area (Å²) in [5, 5.41) is 18.6. The van der Waals surface area contributed by atoms with Gasteiger partial charge >= 0.3 is 21.6 Å². The lowest BCUT2D eigenvalue weighted by molar-refractivity contribution is -0.138. The number of hydrogen-bond donors (Lipinski definition) is 5. The van der Waals surface area contributed by atoms with Crippen molar-refractivity contribution in [1.82, 2.24) is 0 Å². The maximum Gasteiger partial charge on any atom is 0.539 e. The van der Waals surface area contributed by atoms with E-state index in [1.165, 1.54) is 94.9 Å². The monoisotopic (exact) mass is 639 g/mol. The third-order valence-corrected chi connectivity index (χ3v) is 9.19. The number of unbranched alkanes of at least 4 members (excludes halogenated alkanes) is 13. The molecule has 6 N–H and O–H groups in total. The first-order valence-electron chi connectivity index (χ1n) is 15.0. The Bertz CT molecular complexity index is 942. The lowest BCUT2D eigenvalue weighted by Gasteiger charge is -2.23. The largest absolute Gasteiger partial charge is 0.539 e. The van der Waals surface area contributed by atoms with Crippen LogP contribution in [0, 0.1) is 0 Å². The first-order chi connectivity index (χ1) is 20.0. The minimum atomic E-state index is -5.31. The number of aliphatic hydroxyl groups is 1. The second kappa shape index (κ2) is 22.2. The maximum atomic E-state index is 13.1. The van der Waals surface area contributed by atoms with Gasteiger partial charge in [-0.3, -0.25) is 9.32 Å². The molecule has 1 aromatic rings. The van der Waals surface area contributed by atoms with E-state index in [0.717, 1.165) is 19.3 Å². The van der Waals surface area contributed by atoms with E-state index in [0.29, 0.717) is 12.2 Å². The average molecular weight is 640 g/mol. The molecule has 1 unspecified atom stereocenters. The normalized spacial score (nSPS) is 14.8. The SMILES string of the molecule is CCCCCCCCCCCCCCCCOC[C@H](CO)OP(=O)(Oc1ccc(C[C@H](N)C(=O)O)cc1)OP(=O)(O)O. The molecule has 0 radical (unpaired) electrons. The van der Waals surface area contributed by atoms with Gasteiger partial charge in [0, 0.05) is 6.61 Å². The lowest BCUT2D eigenvalue weighted by atomic mass is 10.0. The van der Waals surface area contributed by atoms with Crippen molar-refractivity contribution in [3.05, 3.63) is 29.8 Å². The topological polar surface area (TPSA) is 195 Å². The summed E-state index contributed by atoms with van der Waals surface area (Å²) in [6.45, 7) is 1.75. The van der Waals surface area contributed by atoms with Gasteiger partial charge in [-0.2, -0.15) is 4.31 Å². The van der Waals surface area contributed by atoms with Crippen LogP contribution in [-0.4, -0.2) is 57.9 Å². The van der Waals surface area contributed by atoms with Crippen LogP contribution in [0.5, 0.6) is 5.75 Å². The van der Waals surface area contributed by atoms with Crippen molar-refractivity contribution in [2.45, 2.75) is 115 Å². The summed E-state index contributed by atoms with van der Waals surface area (Å²) < 4.78 is 44.7. The van der Waals surface area contributed by atoms with Gasteiger partial charge in [0.2, 0.25) is 0 Å². The Morgan fingerprint density at radius 3 is 1.81 bits per heavy atom. The third kappa shape index (κ3) is 19.8. The van der Waals surface area contributed by atoms with Crippen molar-refractivity contribution in [2.24, 2.45) is 5.73 Å². The minimum Gasteiger partial charge on any atom is -0.480 e. The molecule has 0 aliphatic carbocycles. The zero-order valence-corrected chi connectivity index (χ0v) is 26.6. The number of benzene rings is 1. The van der Waals surface area contributed by atoms with Gasteiger partial charge in [0.15, 0.2) is 0 Å². The number of rotatable bonds is 27. The number of carboxylic acids is 1. The van der Waals surface area contributed by atoms with Gasteiger partial charge in [0.1, 0.15) is 17.9 Å². The first kappa shape index (κ1) is 38.7. The predicted molar refractivity (Wildman–Crippen MR) is 160 cm³/mol. The molecule has 0 heterocycles. The van der Waals surface area contributed by atoms with Crippen LogP contribution in [0.2, 0.25) is 0 Å². The number of phosphoric ester groups is 1. The van der Waals surface area contributed by atoms with Crippen LogP contribution in [0.1, 0.15) is 102 Å². The minimum absolute atomic E-state index is 0.0198. The molecule has 0 bridgehead atoms. The Kier molecular flexibility index (Phi) is 20.5. The Morgan fingerprint density at radius 1 is 0.857 bits per heavy atom. The van der Waals surface area contributed by atoms with Crippen molar-refractivity contribution in [2.75, 3.05) is 19.8 Å². The molecular formula is C28H51NO11P2. The fourth-order valence-electron chi connectivity index (χ4n) is 4.26. The van der Waals surface area contributed by atoms with Gasteiger partial charge in [-0.05, 0) is 30.5 Å². The Labute approximate surface area is 250 Å². The second-order valence-electron chi connectivity index (χ2n) is 10.5. The van der Waals surface area contributed by atoms with E-state index in [9.17, 15) is 28.8 Å². The molecule has 0 amide bonds. The number of phosphoric acid groups is 2. The van der Waals surface area contributed by atoms with Crippen molar-refractivity contribution in [3.8, 4) is 5.75 Å². The molecule has 1 rings (SSSR count). The lowest BCUT2D eigenvalue weighted by Crippen LogP contribution is -2.32. The first-order valence-corrected chi connectivity index (χ1v) is 18.0. The molecule has 0 aliphatic rings. The second-order valence-corrected chi connectivity index (χ2v) is 13.4. The van der Waals surface area contributed by atoms with E-state index in [2.05, 4.69) is 11.2 Å². The van der Waals surface area contributed by atoms with Gasteiger partial charge in [0.25, 0.3) is 0 Å². The van der Waals surface area contributed by atoms with E-state index >= 15 is 0 Å². The molecule has 14 heteroatoms. The molecule has 244 valence electrons. The zero-order chi connectivity index (χ0) is 31.3. The van der Waals surface area contributed by atoms with E-state index in [1.807, 2.05) is 0 Å². The highest BCUT2D eigenvalue weighted by Crippen LogP contribution is 2.61. The van der Waals surface area contributed by atoms with Crippen LogP contribution in [-0.2, 0) is 33.9 Å². The summed E-state index contributed by atoms with van der Waals surface area (Å²) in [5.74, 6) is -1.30. The van der Waals surface area contributed by atoms with E-state index in [1.54, 1.807) is 0 Å². The molecule has 0 spiro atoms. The Hall–Kier alpha value is -1.33. The molecule has 42 heavy (non-hydrogen) atoms. The van der Waals surface area contributed by atoms with Crippen molar-refractivity contribution in [3.63, 3.8) is 0 Å². The highest BCUT2D eigenvalue weighted by molar-refractivity contribution is 7.61. The van der Waals surface area contributed by atoms with E-state index in [-0.39, 0.29) is 18.8 Å². The van der Waals surface area contributed by atoms with Gasteiger partial charge in [-0.15, -0.1) is 0 Å². The number of nitrogens with two attached hydrogens (primary N) is 1. The number of aliphatic hydroxyl groups excluding tert-OH is 1. The van der Waals surface area contributed by atoms with Gasteiger partial charge in [-0.25, -0.2) is 9.13 Å². The quantitative estimate of drug-likeness (QED) is 0.0548. The molecule has 0 saturated heterocycles. The third-order valence-electron chi connectivity index (χ3n) is 6.55. The van der Waals surface area contributed by atoms with Gasteiger partial charge in [0.05, 0.1) is 13.2 Å². The molecule has 0 aromatic heterocycles. The Balaban J connectivity index is 2.36. The summed E-state index contributed by atoms with van der Waals surface area (Å²) in [7, 11) is -10.2. The van der Waals surface area contributed by atoms with Crippen LogP contribution >= 0.6 is 15.6 Å². The van der Waals surface area contributed by atoms with Crippen LogP contribution in [0.4, 0.5) is 0 Å². The molecule has 1 aromatic carbocycles. The number of carboxylic acid groups (broad SMARTS) is 1. The summed E-state index contributed by atoms with van der Waals surface area (Å²) >= 11 is 0. The molecule has 3 atom stereocenters. The fraction of sp³-hybridized carbons (Fsp3) is 0.750. The highest BCUT2D eigenvalue weighted by atomic mass is 31.3. The zero-order valence-electron chi connectivity index (χ0n) is 24.8. The van der Waals surface area contributed by atoms with E-state index < -0.39 is 40.4 Å². The van der Waals surface area contributed by atoms with Crippen LogP contribution < -0.4 is 10.3 Å². The highest BCUT2D eigenvalue weighted by Gasteiger charge is 2.40. The molecule has 0 fully saturated rings. The number of ether oxygens (including phenoxy) is 1. The number of aliphatic carboxylic acids is 1. The summed E-state index contributed by atoms with van der Waals surface area (Å²) in [5.41, 5.74) is 6.04. The maximum absolute atomic E-state index is 13.1. The number of carbonyl (C=O) groups is 1. The molecular weight excluding hydrogens is 588 g/mol. The molecule has 0 aliphatic heterocycles. The van der Waals surface area contributed by atoms with Crippen LogP contribution in [0.3, 0.4) is 0 Å². The standard InChI is InChI=1S/C28H51NO11P2/c1-2-3-4-5-6-7-8-9-10-11-12-13-14-15-20-37-23-26(22-30)39-42(36,40-41(33,34)35)38-25-18-16-24(17-19-25)21-27(29)28(31)32/h16-19,26-27,30H,2-15,20-23,29H2,1H3,(H,31,32)(H2,33,34,35)/t26-,27-,42?/m0/s1. The van der Waals surface area contributed by atoms with Crippen molar-refractivity contribution >= 4 is 21.6 Å². The molecule has 12 nitrogen and oxygen atoms in total. The van der Waals surface area contributed by atoms with Gasteiger partial charge in [-0.1, -0.05) is 103 Å². The predicted octanol–water partition coefficient (Wildman–Crippen LogP) is 6.11. The average Bonchev–Trinajstić information content (AvgIpc) is 2.92. The summed E-state index contributed by atoms with van der Waals surface area (Å²) in [6, 6.07) is 4.36. The summed E-state index contributed by atoms with van der Waals surface area (Å²) in [6.07, 6.45) is 16.0. The summed E-state index contributed by atoms with van der Waals surface area (Å²) in [4.78, 5) is 29.4.